The molecule has 0 aliphatic carbocycles. The van der Waals surface area contributed by atoms with Crippen LogP contribution in [0.1, 0.15) is 13.3 Å². The Hall–Kier alpha value is -2.15. The van der Waals surface area contributed by atoms with Crippen LogP contribution in [-0.2, 0) is 0 Å². The lowest BCUT2D eigenvalue weighted by atomic mass is 10.0. The molecule has 0 fully saturated rings. The highest BCUT2D eigenvalue weighted by Crippen LogP contribution is 2.36. The molecule has 0 spiro atoms. The Morgan fingerprint density at radius 3 is 2.54 bits per heavy atom. The molecular weight excluding hydrogens is 391 g/mol. The summed E-state index contributed by atoms with van der Waals surface area (Å²) in [5.41, 5.74) is 3.09. The topological polar surface area (TPSA) is 70.1 Å². The number of benzene rings is 2. The third-order valence-electron chi connectivity index (χ3n) is 3.67. The van der Waals surface area contributed by atoms with Gasteiger partial charge in [0.1, 0.15) is 0 Å². The standard InChI is InChI=1S/C18H16Cl2N4OS/c1-2-5-21-18(26)24-16-9-22-14-4-3-10(8-15(14)23-16)11-6-12(19)17(25)13(20)7-11/h3-4,6-9,25H,2,5H2,1H3,(H2,21,23,24,26). The van der Waals surface area contributed by atoms with E-state index in [1.807, 2.05) is 18.2 Å². The second-order valence-electron chi connectivity index (χ2n) is 5.63. The average molecular weight is 407 g/mol. The summed E-state index contributed by atoms with van der Waals surface area (Å²) in [6, 6.07) is 8.96. The Kier molecular flexibility index (Phi) is 5.76. The number of hydrogen-bond donors (Lipinski definition) is 3. The summed E-state index contributed by atoms with van der Waals surface area (Å²) >= 11 is 17.3. The number of thiocarbonyl (C=S) groups is 1. The van der Waals surface area contributed by atoms with Gasteiger partial charge >= 0.3 is 0 Å². The third kappa shape index (κ3) is 4.15. The van der Waals surface area contributed by atoms with Crippen molar-refractivity contribution in [1.29, 1.82) is 0 Å². The number of aromatic nitrogens is 2. The number of nitrogens with one attached hydrogen (secondary N) is 2. The maximum absolute atomic E-state index is 9.72. The van der Waals surface area contributed by atoms with Crippen LogP contribution in [0.3, 0.4) is 0 Å². The number of phenolic OH excluding ortho intramolecular Hbond substituents is 1. The zero-order valence-corrected chi connectivity index (χ0v) is 16.2. The number of fused-ring (bicyclic) bond motifs is 1. The summed E-state index contributed by atoms with van der Waals surface area (Å²) in [6.45, 7) is 2.86. The number of aromatic hydroxyl groups is 1. The molecule has 0 saturated heterocycles. The van der Waals surface area contributed by atoms with Crippen LogP contribution >= 0.6 is 35.4 Å². The molecule has 1 heterocycles. The number of halogens is 2. The molecule has 2 aromatic carbocycles. The molecular formula is C18H16Cl2N4OS. The fourth-order valence-corrected chi connectivity index (χ4v) is 3.08. The van der Waals surface area contributed by atoms with Gasteiger partial charge in [0, 0.05) is 6.54 Å². The van der Waals surface area contributed by atoms with Crippen molar-refractivity contribution in [3.63, 3.8) is 0 Å². The Bertz CT molecular complexity index is 958. The van der Waals surface area contributed by atoms with Crippen LogP contribution in [-0.4, -0.2) is 26.7 Å². The van der Waals surface area contributed by atoms with E-state index in [4.69, 9.17) is 35.4 Å². The Labute approximate surface area is 166 Å². The minimum absolute atomic E-state index is 0.128. The summed E-state index contributed by atoms with van der Waals surface area (Å²) in [6.07, 6.45) is 2.61. The van der Waals surface area contributed by atoms with Gasteiger partial charge in [-0.3, -0.25) is 4.98 Å². The van der Waals surface area contributed by atoms with Crippen molar-refractivity contribution < 1.29 is 5.11 Å². The Morgan fingerprint density at radius 1 is 1.12 bits per heavy atom. The largest absolute Gasteiger partial charge is 0.505 e. The molecule has 0 amide bonds. The van der Waals surface area contributed by atoms with Gasteiger partial charge in [-0.25, -0.2) is 4.98 Å². The van der Waals surface area contributed by atoms with Gasteiger partial charge in [0.05, 0.1) is 27.3 Å². The van der Waals surface area contributed by atoms with E-state index in [1.54, 1.807) is 18.3 Å². The molecule has 0 atom stereocenters. The van der Waals surface area contributed by atoms with Gasteiger partial charge in [-0.05, 0) is 54.0 Å². The van der Waals surface area contributed by atoms with E-state index in [0.29, 0.717) is 16.4 Å². The summed E-state index contributed by atoms with van der Waals surface area (Å²) < 4.78 is 0. The highest BCUT2D eigenvalue weighted by Gasteiger charge is 2.10. The molecule has 3 rings (SSSR count). The highest BCUT2D eigenvalue weighted by atomic mass is 35.5. The van der Waals surface area contributed by atoms with Crippen molar-refractivity contribution in [2.24, 2.45) is 0 Å². The smallest absolute Gasteiger partial charge is 0.171 e. The van der Waals surface area contributed by atoms with E-state index in [9.17, 15) is 5.11 Å². The van der Waals surface area contributed by atoms with Crippen LogP contribution in [0.25, 0.3) is 22.2 Å². The summed E-state index contributed by atoms with van der Waals surface area (Å²) in [5.74, 6) is 0.433. The minimum atomic E-state index is -0.128. The lowest BCUT2D eigenvalue weighted by molar-refractivity contribution is 0.476. The second kappa shape index (κ2) is 8.03. The molecule has 134 valence electrons. The van der Waals surface area contributed by atoms with E-state index in [-0.39, 0.29) is 15.8 Å². The van der Waals surface area contributed by atoms with Crippen molar-refractivity contribution in [3.05, 3.63) is 46.6 Å². The minimum Gasteiger partial charge on any atom is -0.505 e. The van der Waals surface area contributed by atoms with Crippen molar-refractivity contribution >= 4 is 57.4 Å². The van der Waals surface area contributed by atoms with Gasteiger partial charge in [-0.15, -0.1) is 0 Å². The molecule has 8 heteroatoms. The maximum atomic E-state index is 9.72. The van der Waals surface area contributed by atoms with Gasteiger partial charge in [-0.1, -0.05) is 36.2 Å². The van der Waals surface area contributed by atoms with Crippen molar-refractivity contribution in [1.82, 2.24) is 15.3 Å². The van der Waals surface area contributed by atoms with Crippen LogP contribution in [0.15, 0.2) is 36.5 Å². The first-order chi connectivity index (χ1) is 12.5. The predicted molar refractivity (Wildman–Crippen MR) is 111 cm³/mol. The number of phenols is 1. The quantitative estimate of drug-likeness (QED) is 0.529. The number of hydrogen-bond acceptors (Lipinski definition) is 4. The zero-order valence-electron chi connectivity index (χ0n) is 13.9. The summed E-state index contributed by atoms with van der Waals surface area (Å²) in [7, 11) is 0. The Balaban J connectivity index is 1.93. The fraction of sp³-hybridized carbons (Fsp3) is 0.167. The number of nitrogens with zero attached hydrogens (tertiary/aromatic N) is 2. The lowest BCUT2D eigenvalue weighted by Crippen LogP contribution is -2.29. The maximum Gasteiger partial charge on any atom is 0.171 e. The van der Waals surface area contributed by atoms with Gasteiger partial charge in [0.2, 0.25) is 0 Å². The van der Waals surface area contributed by atoms with Crippen molar-refractivity contribution in [3.8, 4) is 16.9 Å². The van der Waals surface area contributed by atoms with E-state index in [0.717, 1.165) is 29.6 Å². The lowest BCUT2D eigenvalue weighted by Gasteiger charge is -2.10. The van der Waals surface area contributed by atoms with Gasteiger partial charge < -0.3 is 15.7 Å². The first-order valence-corrected chi connectivity index (χ1v) is 9.14. The molecule has 0 unspecified atom stereocenters. The zero-order chi connectivity index (χ0) is 18.7. The molecule has 0 aliphatic heterocycles. The Morgan fingerprint density at radius 2 is 1.85 bits per heavy atom. The van der Waals surface area contributed by atoms with Crippen LogP contribution in [0.5, 0.6) is 5.75 Å². The molecule has 26 heavy (non-hydrogen) atoms. The van der Waals surface area contributed by atoms with Gasteiger partial charge in [-0.2, -0.15) is 0 Å². The van der Waals surface area contributed by atoms with E-state index >= 15 is 0 Å². The van der Waals surface area contributed by atoms with Crippen molar-refractivity contribution in [2.45, 2.75) is 13.3 Å². The van der Waals surface area contributed by atoms with Crippen LogP contribution < -0.4 is 10.6 Å². The predicted octanol–water partition coefficient (Wildman–Crippen LogP) is 5.01. The van der Waals surface area contributed by atoms with E-state index < -0.39 is 0 Å². The first-order valence-electron chi connectivity index (χ1n) is 7.98. The SMILES string of the molecule is CCCNC(=S)Nc1cnc2ccc(-c3cc(Cl)c(O)c(Cl)c3)cc2n1. The van der Waals surface area contributed by atoms with Crippen LogP contribution in [0, 0.1) is 0 Å². The second-order valence-corrected chi connectivity index (χ2v) is 6.85. The van der Waals surface area contributed by atoms with Gasteiger partial charge in [0.15, 0.2) is 16.7 Å². The third-order valence-corrected chi connectivity index (χ3v) is 4.49. The summed E-state index contributed by atoms with van der Waals surface area (Å²) in [5, 5.41) is 16.7. The average Bonchev–Trinajstić information content (AvgIpc) is 2.63. The van der Waals surface area contributed by atoms with E-state index in [2.05, 4.69) is 27.5 Å². The molecule has 0 aliphatic rings. The van der Waals surface area contributed by atoms with Crippen molar-refractivity contribution in [2.75, 3.05) is 11.9 Å². The molecule has 5 nitrogen and oxygen atoms in total. The molecule has 3 N–H and O–H groups in total. The molecule has 3 aromatic rings. The monoisotopic (exact) mass is 406 g/mol. The number of rotatable bonds is 4. The van der Waals surface area contributed by atoms with Gasteiger partial charge in [0.25, 0.3) is 0 Å². The van der Waals surface area contributed by atoms with Crippen LogP contribution in [0.4, 0.5) is 5.82 Å². The molecule has 0 bridgehead atoms. The highest BCUT2D eigenvalue weighted by molar-refractivity contribution is 7.80. The number of anilines is 1. The molecule has 1 aromatic heterocycles. The van der Waals surface area contributed by atoms with E-state index in [1.165, 1.54) is 0 Å². The first kappa shape index (κ1) is 18.6. The molecule has 0 saturated carbocycles. The molecule has 0 radical (unpaired) electrons. The van der Waals surface area contributed by atoms with Crippen LogP contribution in [0.2, 0.25) is 10.0 Å². The summed E-state index contributed by atoms with van der Waals surface area (Å²) in [4.78, 5) is 8.95. The fourth-order valence-electron chi connectivity index (χ4n) is 2.38. The normalized spacial score (nSPS) is 10.7.